The second-order valence-corrected chi connectivity index (χ2v) is 9.33. The predicted octanol–water partition coefficient (Wildman–Crippen LogP) is 3.56. The van der Waals surface area contributed by atoms with Gasteiger partial charge in [0.25, 0.3) is 0 Å². The molecular formula is C25H36N4O2. The van der Waals surface area contributed by atoms with Crippen LogP contribution in [0.5, 0.6) is 0 Å². The molecule has 3 aliphatic rings. The largest absolute Gasteiger partial charge is 0.353 e. The summed E-state index contributed by atoms with van der Waals surface area (Å²) in [4.78, 5) is 27.4. The quantitative estimate of drug-likeness (QED) is 0.728. The highest BCUT2D eigenvalue weighted by Crippen LogP contribution is 2.25. The molecule has 0 atom stereocenters. The summed E-state index contributed by atoms with van der Waals surface area (Å²) in [7, 11) is 0. The first-order valence-corrected chi connectivity index (χ1v) is 12.1. The third-order valence-corrected chi connectivity index (χ3v) is 6.96. The van der Waals surface area contributed by atoms with Crippen LogP contribution < -0.4 is 5.32 Å². The first-order valence-electron chi connectivity index (χ1n) is 12.1. The van der Waals surface area contributed by atoms with Crippen molar-refractivity contribution < 1.29 is 9.59 Å². The van der Waals surface area contributed by atoms with Crippen LogP contribution in [0.2, 0.25) is 0 Å². The molecule has 1 aliphatic carbocycles. The molecule has 4 rings (SSSR count). The molecule has 2 fully saturated rings. The second-order valence-electron chi connectivity index (χ2n) is 9.33. The van der Waals surface area contributed by atoms with Crippen LogP contribution in [0.3, 0.4) is 0 Å². The first-order chi connectivity index (χ1) is 15.2. The number of piperidine rings is 1. The third kappa shape index (κ3) is 6.39. The Morgan fingerprint density at radius 1 is 0.935 bits per heavy atom. The van der Waals surface area contributed by atoms with E-state index in [4.69, 9.17) is 0 Å². The molecule has 0 unspecified atom stereocenters. The number of hydrogen-bond donors (Lipinski definition) is 1. The molecule has 0 radical (unpaired) electrons. The lowest BCUT2D eigenvalue weighted by Crippen LogP contribution is -2.46. The highest BCUT2D eigenvalue weighted by atomic mass is 16.2. The summed E-state index contributed by atoms with van der Waals surface area (Å²) >= 11 is 0. The van der Waals surface area contributed by atoms with Crippen LogP contribution in [0.4, 0.5) is 0 Å². The number of benzene rings is 1. The zero-order chi connectivity index (χ0) is 21.5. The lowest BCUT2D eigenvalue weighted by molar-refractivity contribution is -0.133. The third-order valence-electron chi connectivity index (χ3n) is 6.96. The average molecular weight is 425 g/mol. The molecule has 2 aliphatic heterocycles. The summed E-state index contributed by atoms with van der Waals surface area (Å²) < 4.78 is 0. The van der Waals surface area contributed by atoms with Gasteiger partial charge in [-0.25, -0.2) is 5.01 Å². The average Bonchev–Trinajstić information content (AvgIpc) is 3.31. The lowest BCUT2D eigenvalue weighted by Gasteiger charge is -2.35. The number of hydrazone groups is 1. The number of nitrogens with one attached hydrogen (secondary N) is 1. The Morgan fingerprint density at radius 3 is 2.42 bits per heavy atom. The van der Waals surface area contributed by atoms with Gasteiger partial charge in [0.2, 0.25) is 11.8 Å². The Kier molecular flexibility index (Phi) is 7.73. The minimum atomic E-state index is -0.0663. The van der Waals surface area contributed by atoms with Gasteiger partial charge < -0.3 is 10.2 Å². The van der Waals surface area contributed by atoms with Crippen molar-refractivity contribution in [2.24, 2.45) is 11.0 Å². The highest BCUT2D eigenvalue weighted by molar-refractivity contribution is 6.02. The molecule has 0 aromatic heterocycles. The van der Waals surface area contributed by atoms with Crippen molar-refractivity contribution in [3.8, 4) is 0 Å². The molecule has 168 valence electrons. The van der Waals surface area contributed by atoms with E-state index in [1.807, 2.05) is 30.3 Å². The van der Waals surface area contributed by atoms with Gasteiger partial charge in [0, 0.05) is 44.9 Å². The minimum absolute atomic E-state index is 0.00876. The number of carbonyl (C=O) groups is 2. The van der Waals surface area contributed by atoms with Gasteiger partial charge >= 0.3 is 0 Å². The fourth-order valence-electron chi connectivity index (χ4n) is 5.11. The van der Waals surface area contributed by atoms with Gasteiger partial charge in [-0.3, -0.25) is 9.59 Å². The fraction of sp³-hybridized carbons (Fsp3) is 0.640. The van der Waals surface area contributed by atoms with Crippen LogP contribution in [-0.2, 0) is 9.59 Å². The Balaban J connectivity index is 1.14. The lowest BCUT2D eigenvalue weighted by atomic mass is 9.88. The van der Waals surface area contributed by atoms with E-state index in [1.54, 1.807) is 0 Å². The number of hydrogen-bond acceptors (Lipinski definition) is 4. The Morgan fingerprint density at radius 2 is 1.68 bits per heavy atom. The van der Waals surface area contributed by atoms with Crippen molar-refractivity contribution in [2.45, 2.75) is 70.3 Å². The first kappa shape index (κ1) is 22.0. The van der Waals surface area contributed by atoms with Gasteiger partial charge in [0.05, 0.1) is 12.3 Å². The van der Waals surface area contributed by atoms with E-state index in [0.717, 1.165) is 49.5 Å². The van der Waals surface area contributed by atoms with E-state index in [1.165, 1.54) is 43.7 Å². The van der Waals surface area contributed by atoms with Crippen molar-refractivity contribution in [1.82, 2.24) is 15.2 Å². The second kappa shape index (κ2) is 10.9. The van der Waals surface area contributed by atoms with Crippen molar-refractivity contribution in [2.75, 3.05) is 26.2 Å². The molecule has 2 amide bonds. The molecule has 0 bridgehead atoms. The van der Waals surface area contributed by atoms with E-state index in [0.29, 0.717) is 6.54 Å². The summed E-state index contributed by atoms with van der Waals surface area (Å²) in [5.74, 6) is 0.801. The molecule has 31 heavy (non-hydrogen) atoms. The van der Waals surface area contributed by atoms with E-state index in [2.05, 4.69) is 15.3 Å². The maximum absolute atomic E-state index is 12.5. The molecule has 6 heteroatoms. The summed E-state index contributed by atoms with van der Waals surface area (Å²) in [5, 5.41) is 9.15. The maximum Gasteiger partial charge on any atom is 0.243 e. The Bertz CT molecular complexity index is 765. The van der Waals surface area contributed by atoms with Gasteiger partial charge in [-0.05, 0) is 37.2 Å². The molecule has 1 N–H and O–H groups in total. The van der Waals surface area contributed by atoms with Crippen LogP contribution in [0, 0.1) is 5.92 Å². The standard InChI is InChI=1S/C25H36N4O2/c30-24(26-22-13-16-28(17-14-22)19-20-7-3-1-4-8-20)11-12-25(31)29-18-15-23(27-29)21-9-5-2-6-10-21/h2,5-6,9-10,20,22H,1,3-4,7-8,11-19H2,(H,26,30). The van der Waals surface area contributed by atoms with Gasteiger partial charge in [-0.1, -0.05) is 49.6 Å². The van der Waals surface area contributed by atoms with Crippen molar-refractivity contribution in [3.63, 3.8) is 0 Å². The Labute approximate surface area is 186 Å². The van der Waals surface area contributed by atoms with E-state index in [9.17, 15) is 9.59 Å². The zero-order valence-corrected chi connectivity index (χ0v) is 18.6. The van der Waals surface area contributed by atoms with E-state index in [-0.39, 0.29) is 30.7 Å². The smallest absolute Gasteiger partial charge is 0.243 e. The molecule has 2 heterocycles. The van der Waals surface area contributed by atoms with E-state index < -0.39 is 0 Å². The summed E-state index contributed by atoms with van der Waals surface area (Å²) in [6, 6.07) is 10.2. The molecule has 1 aromatic carbocycles. The molecule has 6 nitrogen and oxygen atoms in total. The summed E-state index contributed by atoms with van der Waals surface area (Å²) in [6.45, 7) is 3.98. The van der Waals surface area contributed by atoms with Gasteiger partial charge in [-0.2, -0.15) is 5.10 Å². The highest BCUT2D eigenvalue weighted by Gasteiger charge is 2.25. The topological polar surface area (TPSA) is 65.0 Å². The maximum atomic E-state index is 12.5. The monoisotopic (exact) mass is 424 g/mol. The van der Waals surface area contributed by atoms with Crippen LogP contribution in [0.1, 0.15) is 69.8 Å². The molecule has 1 aromatic rings. The summed E-state index contributed by atoms with van der Waals surface area (Å²) in [5.41, 5.74) is 2.00. The number of rotatable bonds is 7. The molecule has 0 spiro atoms. The Hall–Kier alpha value is -2.21. The zero-order valence-electron chi connectivity index (χ0n) is 18.6. The van der Waals surface area contributed by atoms with Crippen LogP contribution in [-0.4, -0.2) is 59.7 Å². The van der Waals surface area contributed by atoms with Crippen molar-refractivity contribution in [1.29, 1.82) is 0 Å². The van der Waals surface area contributed by atoms with Gasteiger partial charge in [-0.15, -0.1) is 0 Å². The molecule has 1 saturated heterocycles. The number of amides is 2. The summed E-state index contributed by atoms with van der Waals surface area (Å²) in [6.07, 6.45) is 10.2. The van der Waals surface area contributed by atoms with Crippen LogP contribution in [0.15, 0.2) is 35.4 Å². The normalized spacial score (nSPS) is 21.2. The molecular weight excluding hydrogens is 388 g/mol. The predicted molar refractivity (Wildman–Crippen MR) is 123 cm³/mol. The van der Waals surface area contributed by atoms with Crippen LogP contribution in [0.25, 0.3) is 0 Å². The van der Waals surface area contributed by atoms with Gasteiger partial charge in [0.15, 0.2) is 0 Å². The molecule has 1 saturated carbocycles. The number of nitrogens with zero attached hydrogens (tertiary/aromatic N) is 3. The SMILES string of the molecule is O=C(CCC(=O)N1CCC(c2ccccc2)=N1)NC1CCN(CC2CCCCC2)CC1. The fourth-order valence-corrected chi connectivity index (χ4v) is 5.11. The minimum Gasteiger partial charge on any atom is -0.353 e. The van der Waals surface area contributed by atoms with Crippen molar-refractivity contribution in [3.05, 3.63) is 35.9 Å². The van der Waals surface area contributed by atoms with Gasteiger partial charge in [0.1, 0.15) is 0 Å². The van der Waals surface area contributed by atoms with Crippen LogP contribution >= 0.6 is 0 Å². The van der Waals surface area contributed by atoms with Crippen molar-refractivity contribution >= 4 is 17.5 Å². The van der Waals surface area contributed by atoms with E-state index >= 15 is 0 Å². The number of carbonyl (C=O) groups excluding carboxylic acids is 2. The number of likely N-dealkylation sites (tertiary alicyclic amines) is 1.